The average molecular weight is 461 g/mol. The molecule has 0 N–H and O–H groups in total. The Bertz CT molecular complexity index is 1150. The van der Waals surface area contributed by atoms with Crippen molar-refractivity contribution in [2.24, 2.45) is 7.05 Å². The van der Waals surface area contributed by atoms with E-state index in [1.165, 1.54) is 25.3 Å². The molecule has 2 aromatic carbocycles. The summed E-state index contributed by atoms with van der Waals surface area (Å²) in [7, 11) is 3.28. The molecular weight excluding hydrogens is 439 g/mol. The van der Waals surface area contributed by atoms with E-state index in [-0.39, 0.29) is 5.69 Å². The van der Waals surface area contributed by atoms with Crippen LogP contribution in [0.4, 0.5) is 15.8 Å². The van der Waals surface area contributed by atoms with E-state index in [0.29, 0.717) is 41.7 Å². The third-order valence-electron chi connectivity index (χ3n) is 5.60. The fraction of sp³-hybridized carbons (Fsp3) is 0.333. The van der Waals surface area contributed by atoms with Crippen LogP contribution in [0.3, 0.4) is 0 Å². The van der Waals surface area contributed by atoms with Crippen LogP contribution in [0, 0.1) is 15.9 Å². The minimum absolute atomic E-state index is 0.0304. The lowest BCUT2D eigenvalue weighted by atomic mass is 10.1. The lowest BCUT2D eigenvalue weighted by molar-refractivity contribution is -0.384. The molecule has 3 aromatic rings. The van der Waals surface area contributed by atoms with Crippen molar-refractivity contribution in [3.05, 3.63) is 63.0 Å². The molecular formula is C21H22ClFN6O3. The van der Waals surface area contributed by atoms with E-state index in [4.69, 9.17) is 16.3 Å². The third-order valence-corrected chi connectivity index (χ3v) is 5.91. The largest absolute Gasteiger partial charge is 0.496 e. The van der Waals surface area contributed by atoms with Crippen LogP contribution in [0.2, 0.25) is 5.02 Å². The van der Waals surface area contributed by atoms with Gasteiger partial charge < -0.3 is 9.64 Å². The first-order chi connectivity index (χ1) is 15.4. The number of rotatable bonds is 6. The standard InChI is InChI=1S/C21H22ClFN6O3/c1-26-18(21(24-25-26)20-16(23)4-3-5-19(20)32-2)13-27-8-10-28(11-9-27)17-7-6-14(29(30)31)12-15(17)22/h3-7,12H,8-11,13H2,1-2H3. The second-order valence-corrected chi connectivity index (χ2v) is 7.89. The maximum Gasteiger partial charge on any atom is 0.271 e. The predicted molar refractivity (Wildman–Crippen MR) is 119 cm³/mol. The zero-order chi connectivity index (χ0) is 22.8. The van der Waals surface area contributed by atoms with Crippen LogP contribution in [0.1, 0.15) is 5.69 Å². The Hall–Kier alpha value is -3.24. The minimum Gasteiger partial charge on any atom is -0.496 e. The quantitative estimate of drug-likeness (QED) is 0.410. The average Bonchev–Trinajstić information content (AvgIpc) is 3.13. The summed E-state index contributed by atoms with van der Waals surface area (Å²) < 4.78 is 21.6. The molecule has 0 unspecified atom stereocenters. The van der Waals surface area contributed by atoms with Crippen molar-refractivity contribution in [2.75, 3.05) is 38.2 Å². The van der Waals surface area contributed by atoms with Gasteiger partial charge in [-0.25, -0.2) is 4.39 Å². The Morgan fingerprint density at radius 1 is 1.22 bits per heavy atom. The summed E-state index contributed by atoms with van der Waals surface area (Å²) in [5, 5.41) is 19.6. The molecule has 11 heteroatoms. The number of aryl methyl sites for hydroxylation is 1. The molecule has 4 rings (SSSR count). The first-order valence-corrected chi connectivity index (χ1v) is 10.4. The van der Waals surface area contributed by atoms with Gasteiger partial charge in [-0.15, -0.1) is 5.10 Å². The minimum atomic E-state index is -0.461. The normalized spacial score (nSPS) is 14.6. The molecule has 0 amide bonds. The number of benzene rings is 2. The first-order valence-electron chi connectivity index (χ1n) is 10.0. The Balaban J connectivity index is 1.49. The van der Waals surface area contributed by atoms with E-state index >= 15 is 0 Å². The molecule has 0 atom stereocenters. The summed E-state index contributed by atoms with van der Waals surface area (Å²) >= 11 is 6.28. The molecule has 1 aliphatic rings. The van der Waals surface area contributed by atoms with E-state index in [2.05, 4.69) is 20.1 Å². The molecule has 0 spiro atoms. The third kappa shape index (κ3) is 4.23. The molecule has 0 saturated carbocycles. The van der Waals surface area contributed by atoms with E-state index in [9.17, 15) is 14.5 Å². The molecule has 168 valence electrons. The van der Waals surface area contributed by atoms with E-state index in [0.717, 1.165) is 24.5 Å². The van der Waals surface area contributed by atoms with Gasteiger partial charge in [0.25, 0.3) is 5.69 Å². The molecule has 1 aromatic heterocycles. The van der Waals surface area contributed by atoms with Crippen molar-refractivity contribution in [1.82, 2.24) is 19.9 Å². The summed E-state index contributed by atoms with van der Waals surface area (Å²) in [5.74, 6) is -0.00638. The van der Waals surface area contributed by atoms with Gasteiger partial charge in [-0.3, -0.25) is 19.7 Å². The zero-order valence-corrected chi connectivity index (χ0v) is 18.4. The Labute approximate surface area is 189 Å². The van der Waals surface area contributed by atoms with Crippen LogP contribution in [0.15, 0.2) is 36.4 Å². The van der Waals surface area contributed by atoms with Crippen LogP contribution in [-0.2, 0) is 13.6 Å². The van der Waals surface area contributed by atoms with Crippen molar-refractivity contribution in [1.29, 1.82) is 0 Å². The van der Waals surface area contributed by atoms with Gasteiger partial charge in [-0.1, -0.05) is 22.9 Å². The maximum atomic E-state index is 14.6. The fourth-order valence-corrected chi connectivity index (χ4v) is 4.17. The van der Waals surface area contributed by atoms with Gasteiger partial charge >= 0.3 is 0 Å². The van der Waals surface area contributed by atoms with E-state index in [1.807, 2.05) is 0 Å². The molecule has 32 heavy (non-hydrogen) atoms. The second kappa shape index (κ2) is 9.09. The number of nitro groups is 1. The number of nitrogens with zero attached hydrogens (tertiary/aromatic N) is 6. The summed E-state index contributed by atoms with van der Waals surface area (Å²) in [6, 6.07) is 9.19. The number of piperazine rings is 1. The Morgan fingerprint density at radius 3 is 2.62 bits per heavy atom. The summed E-state index contributed by atoms with van der Waals surface area (Å²) in [5.41, 5.74) is 2.29. The van der Waals surface area contributed by atoms with E-state index < -0.39 is 10.7 Å². The first kappa shape index (κ1) is 22.0. The van der Waals surface area contributed by atoms with Crippen LogP contribution in [0.25, 0.3) is 11.3 Å². The Kier molecular flexibility index (Phi) is 6.24. The summed E-state index contributed by atoms with van der Waals surface area (Å²) in [6.07, 6.45) is 0. The van der Waals surface area contributed by atoms with Gasteiger partial charge in [0.05, 0.1) is 34.0 Å². The number of ether oxygens (including phenoxy) is 1. The summed E-state index contributed by atoms with van der Waals surface area (Å²) in [4.78, 5) is 14.8. The SMILES string of the molecule is COc1cccc(F)c1-c1nnn(C)c1CN1CCN(c2ccc([N+](=O)[O-])cc2Cl)CC1. The monoisotopic (exact) mass is 460 g/mol. The van der Waals surface area contributed by atoms with Gasteiger partial charge in [0.15, 0.2) is 0 Å². The molecule has 1 aliphatic heterocycles. The molecule has 0 radical (unpaired) electrons. The van der Waals surface area contributed by atoms with Crippen molar-refractivity contribution >= 4 is 23.0 Å². The lowest BCUT2D eigenvalue weighted by Gasteiger charge is -2.36. The number of methoxy groups -OCH3 is 1. The molecule has 1 saturated heterocycles. The Morgan fingerprint density at radius 2 is 1.97 bits per heavy atom. The van der Waals surface area contributed by atoms with Crippen LogP contribution >= 0.6 is 11.6 Å². The smallest absolute Gasteiger partial charge is 0.271 e. The summed E-state index contributed by atoms with van der Waals surface area (Å²) in [6.45, 7) is 3.39. The highest BCUT2D eigenvalue weighted by molar-refractivity contribution is 6.33. The number of nitro benzene ring substituents is 1. The molecule has 9 nitrogen and oxygen atoms in total. The van der Waals surface area contributed by atoms with Gasteiger partial charge in [-0.2, -0.15) is 0 Å². The van der Waals surface area contributed by atoms with Gasteiger partial charge in [-0.05, 0) is 18.2 Å². The van der Waals surface area contributed by atoms with Gasteiger partial charge in [0, 0.05) is 51.9 Å². The van der Waals surface area contributed by atoms with Crippen molar-refractivity contribution in [3.63, 3.8) is 0 Å². The van der Waals surface area contributed by atoms with Crippen molar-refractivity contribution < 1.29 is 14.1 Å². The van der Waals surface area contributed by atoms with Gasteiger partial charge in [0.1, 0.15) is 17.3 Å². The van der Waals surface area contributed by atoms with Gasteiger partial charge in [0.2, 0.25) is 0 Å². The number of anilines is 1. The van der Waals surface area contributed by atoms with Crippen LogP contribution in [0.5, 0.6) is 5.75 Å². The molecule has 1 fully saturated rings. The van der Waals surface area contributed by atoms with Crippen LogP contribution < -0.4 is 9.64 Å². The number of hydrogen-bond acceptors (Lipinski definition) is 7. The predicted octanol–water partition coefficient (Wildman–Crippen LogP) is 3.51. The number of halogens is 2. The van der Waals surface area contributed by atoms with Crippen molar-refractivity contribution in [3.8, 4) is 17.0 Å². The molecule has 0 aliphatic carbocycles. The lowest BCUT2D eigenvalue weighted by Crippen LogP contribution is -2.46. The van der Waals surface area contributed by atoms with Crippen LogP contribution in [-0.4, -0.2) is 58.1 Å². The molecule has 0 bridgehead atoms. The number of aromatic nitrogens is 3. The highest BCUT2D eigenvalue weighted by Gasteiger charge is 2.25. The topological polar surface area (TPSA) is 89.6 Å². The zero-order valence-electron chi connectivity index (χ0n) is 17.7. The number of non-ortho nitro benzene ring substituents is 1. The molecule has 2 heterocycles. The highest BCUT2D eigenvalue weighted by atomic mass is 35.5. The van der Waals surface area contributed by atoms with E-state index in [1.54, 1.807) is 29.9 Å². The number of hydrogen-bond donors (Lipinski definition) is 0. The highest BCUT2D eigenvalue weighted by Crippen LogP contribution is 2.34. The fourth-order valence-electron chi connectivity index (χ4n) is 3.88. The maximum absolute atomic E-state index is 14.6. The van der Waals surface area contributed by atoms with Crippen molar-refractivity contribution in [2.45, 2.75) is 6.54 Å². The second-order valence-electron chi connectivity index (χ2n) is 7.48.